The molecule has 0 saturated carbocycles. The van der Waals surface area contributed by atoms with E-state index in [0.717, 1.165) is 6.26 Å². The standard InChI is InChI=1S/C10H18N4O3S/c1-10(2,12-18(5,16)17)9(15)14(4)8-6-11-13(3)7-8/h6-7,12H,1-5H3. The number of likely N-dealkylation sites (N-methyl/N-ethyl adjacent to an activating group) is 1. The molecule has 1 aromatic heterocycles. The Bertz CT molecular complexity index is 547. The highest BCUT2D eigenvalue weighted by molar-refractivity contribution is 7.88. The van der Waals surface area contributed by atoms with Crippen LogP contribution in [-0.2, 0) is 21.9 Å². The molecule has 0 unspecified atom stereocenters. The van der Waals surface area contributed by atoms with E-state index in [1.807, 2.05) is 0 Å². The van der Waals surface area contributed by atoms with Crippen LogP contribution in [-0.4, -0.2) is 42.9 Å². The van der Waals surface area contributed by atoms with Crippen LogP contribution < -0.4 is 9.62 Å². The number of aromatic nitrogens is 2. The fourth-order valence-corrected chi connectivity index (χ4v) is 2.64. The third-order valence-corrected chi connectivity index (χ3v) is 3.24. The number of amides is 1. The Balaban J connectivity index is 2.93. The van der Waals surface area contributed by atoms with Gasteiger partial charge in [0, 0.05) is 20.3 Å². The van der Waals surface area contributed by atoms with Crippen molar-refractivity contribution >= 4 is 21.6 Å². The number of hydrogen-bond donors (Lipinski definition) is 1. The molecule has 0 atom stereocenters. The zero-order valence-corrected chi connectivity index (χ0v) is 11.9. The second kappa shape index (κ2) is 4.69. The molecular weight excluding hydrogens is 256 g/mol. The molecule has 1 N–H and O–H groups in total. The fraction of sp³-hybridized carbons (Fsp3) is 0.600. The van der Waals surface area contributed by atoms with Crippen LogP contribution in [0.2, 0.25) is 0 Å². The highest BCUT2D eigenvalue weighted by atomic mass is 32.2. The predicted octanol–water partition coefficient (Wildman–Crippen LogP) is -0.289. The van der Waals surface area contributed by atoms with Gasteiger partial charge in [0.15, 0.2) is 0 Å². The lowest BCUT2D eigenvalue weighted by Gasteiger charge is -2.28. The number of carbonyl (C=O) groups is 1. The second-order valence-electron chi connectivity index (χ2n) is 4.74. The van der Waals surface area contributed by atoms with Gasteiger partial charge in [-0.05, 0) is 13.8 Å². The van der Waals surface area contributed by atoms with Gasteiger partial charge in [-0.1, -0.05) is 0 Å². The number of aryl methyl sites for hydroxylation is 1. The average molecular weight is 274 g/mol. The zero-order chi connectivity index (χ0) is 14.1. The molecule has 8 heteroatoms. The first kappa shape index (κ1) is 14.7. The number of nitrogens with zero attached hydrogens (tertiary/aromatic N) is 3. The van der Waals surface area contributed by atoms with Crippen molar-refractivity contribution < 1.29 is 13.2 Å². The highest BCUT2D eigenvalue weighted by Crippen LogP contribution is 2.16. The molecule has 102 valence electrons. The minimum Gasteiger partial charge on any atom is -0.311 e. The Morgan fingerprint density at radius 3 is 2.44 bits per heavy atom. The van der Waals surface area contributed by atoms with E-state index in [2.05, 4.69) is 9.82 Å². The van der Waals surface area contributed by atoms with Gasteiger partial charge in [0.1, 0.15) is 5.54 Å². The summed E-state index contributed by atoms with van der Waals surface area (Å²) >= 11 is 0. The molecule has 1 heterocycles. The topological polar surface area (TPSA) is 84.3 Å². The van der Waals surface area contributed by atoms with Crippen LogP contribution in [0.1, 0.15) is 13.8 Å². The first-order valence-electron chi connectivity index (χ1n) is 5.29. The molecular formula is C10H18N4O3S. The number of rotatable bonds is 4. The summed E-state index contributed by atoms with van der Waals surface area (Å²) in [6.07, 6.45) is 4.23. The highest BCUT2D eigenvalue weighted by Gasteiger charge is 2.34. The Kier molecular flexibility index (Phi) is 3.82. The van der Waals surface area contributed by atoms with E-state index in [9.17, 15) is 13.2 Å². The normalized spacial score (nSPS) is 12.5. The van der Waals surface area contributed by atoms with Crippen LogP contribution in [0.5, 0.6) is 0 Å². The molecule has 0 aliphatic heterocycles. The molecule has 0 saturated heterocycles. The maximum atomic E-state index is 12.2. The third kappa shape index (κ3) is 3.54. The summed E-state index contributed by atoms with van der Waals surface area (Å²) in [6.45, 7) is 3.03. The van der Waals surface area contributed by atoms with E-state index in [4.69, 9.17) is 0 Å². The summed E-state index contributed by atoms with van der Waals surface area (Å²) in [6, 6.07) is 0. The molecule has 1 aromatic rings. The third-order valence-electron chi connectivity index (χ3n) is 2.36. The van der Waals surface area contributed by atoms with Gasteiger partial charge < -0.3 is 4.90 Å². The van der Waals surface area contributed by atoms with E-state index < -0.39 is 15.6 Å². The lowest BCUT2D eigenvalue weighted by Crippen LogP contribution is -2.54. The number of sulfonamides is 1. The summed E-state index contributed by atoms with van der Waals surface area (Å²) in [5.74, 6) is -0.360. The summed E-state index contributed by atoms with van der Waals surface area (Å²) in [4.78, 5) is 13.6. The van der Waals surface area contributed by atoms with Crippen LogP contribution in [0, 0.1) is 0 Å². The summed E-state index contributed by atoms with van der Waals surface area (Å²) < 4.78 is 26.3. The molecule has 0 aliphatic rings. The Morgan fingerprint density at radius 2 is 2.06 bits per heavy atom. The summed E-state index contributed by atoms with van der Waals surface area (Å²) in [5.41, 5.74) is -0.607. The van der Waals surface area contributed by atoms with Crippen LogP contribution in [0.3, 0.4) is 0 Å². The number of carbonyl (C=O) groups excluding carboxylic acids is 1. The van der Waals surface area contributed by atoms with Crippen molar-refractivity contribution in [2.75, 3.05) is 18.2 Å². The first-order valence-corrected chi connectivity index (χ1v) is 7.18. The van der Waals surface area contributed by atoms with Gasteiger partial charge in [0.25, 0.3) is 0 Å². The van der Waals surface area contributed by atoms with E-state index in [1.54, 1.807) is 25.0 Å². The Labute approximate surface area is 107 Å². The first-order chi connectivity index (χ1) is 8.03. The van der Waals surface area contributed by atoms with Crippen molar-refractivity contribution in [3.63, 3.8) is 0 Å². The second-order valence-corrected chi connectivity index (χ2v) is 6.48. The monoisotopic (exact) mass is 274 g/mol. The molecule has 0 spiro atoms. The SMILES string of the molecule is CN(C(=O)C(C)(C)NS(C)(=O)=O)c1cnn(C)c1. The Hall–Kier alpha value is -1.41. The smallest absolute Gasteiger partial charge is 0.247 e. The lowest BCUT2D eigenvalue weighted by atomic mass is 10.1. The molecule has 0 bridgehead atoms. The van der Waals surface area contributed by atoms with Crippen LogP contribution in [0.4, 0.5) is 5.69 Å². The van der Waals surface area contributed by atoms with Gasteiger partial charge in [-0.3, -0.25) is 9.48 Å². The van der Waals surface area contributed by atoms with E-state index in [0.29, 0.717) is 5.69 Å². The predicted molar refractivity (Wildman–Crippen MR) is 68.7 cm³/mol. The molecule has 0 aliphatic carbocycles. The van der Waals surface area contributed by atoms with Crippen LogP contribution in [0.15, 0.2) is 12.4 Å². The molecule has 1 amide bonds. The summed E-state index contributed by atoms with van der Waals surface area (Å²) in [5, 5.41) is 3.96. The number of nitrogens with one attached hydrogen (secondary N) is 1. The minimum atomic E-state index is -3.46. The Morgan fingerprint density at radius 1 is 1.50 bits per heavy atom. The molecule has 0 radical (unpaired) electrons. The minimum absolute atomic E-state index is 0.360. The maximum Gasteiger partial charge on any atom is 0.247 e. The molecule has 18 heavy (non-hydrogen) atoms. The van der Waals surface area contributed by atoms with Gasteiger partial charge in [0.2, 0.25) is 15.9 Å². The quantitative estimate of drug-likeness (QED) is 0.817. The van der Waals surface area contributed by atoms with Crippen LogP contribution >= 0.6 is 0 Å². The number of hydrogen-bond acceptors (Lipinski definition) is 4. The number of anilines is 1. The van der Waals surface area contributed by atoms with Gasteiger partial charge >= 0.3 is 0 Å². The maximum absolute atomic E-state index is 12.2. The van der Waals surface area contributed by atoms with Crippen LogP contribution in [0.25, 0.3) is 0 Å². The van der Waals surface area contributed by atoms with Crippen molar-refractivity contribution in [2.45, 2.75) is 19.4 Å². The lowest BCUT2D eigenvalue weighted by molar-refractivity contribution is -0.122. The average Bonchev–Trinajstić information content (AvgIpc) is 2.59. The molecule has 1 rings (SSSR count). The van der Waals surface area contributed by atoms with Crippen molar-refractivity contribution in [3.8, 4) is 0 Å². The van der Waals surface area contributed by atoms with Gasteiger partial charge in [0.05, 0.1) is 18.1 Å². The van der Waals surface area contributed by atoms with Crippen molar-refractivity contribution in [2.24, 2.45) is 7.05 Å². The van der Waals surface area contributed by atoms with Gasteiger partial charge in [-0.2, -0.15) is 5.10 Å². The van der Waals surface area contributed by atoms with E-state index in [-0.39, 0.29) is 5.91 Å². The van der Waals surface area contributed by atoms with Crippen molar-refractivity contribution in [1.82, 2.24) is 14.5 Å². The fourth-order valence-electron chi connectivity index (χ4n) is 1.63. The van der Waals surface area contributed by atoms with Crippen molar-refractivity contribution in [1.29, 1.82) is 0 Å². The van der Waals surface area contributed by atoms with Gasteiger partial charge in [-0.15, -0.1) is 0 Å². The molecule has 7 nitrogen and oxygen atoms in total. The van der Waals surface area contributed by atoms with E-state index >= 15 is 0 Å². The zero-order valence-electron chi connectivity index (χ0n) is 11.1. The largest absolute Gasteiger partial charge is 0.311 e. The molecule has 0 aromatic carbocycles. The van der Waals surface area contributed by atoms with Crippen molar-refractivity contribution in [3.05, 3.63) is 12.4 Å². The van der Waals surface area contributed by atoms with E-state index in [1.165, 1.54) is 24.9 Å². The molecule has 0 fully saturated rings. The summed E-state index contributed by atoms with van der Waals surface area (Å²) in [7, 11) is -0.143. The van der Waals surface area contributed by atoms with Gasteiger partial charge in [-0.25, -0.2) is 13.1 Å².